The normalized spacial score (nSPS) is 33.0. The van der Waals surface area contributed by atoms with Crippen molar-refractivity contribution in [3.63, 3.8) is 0 Å². The molecule has 2 fully saturated rings. The van der Waals surface area contributed by atoms with Crippen molar-refractivity contribution < 1.29 is 0 Å². The molecule has 0 aromatic heterocycles. The van der Waals surface area contributed by atoms with Crippen LogP contribution >= 0.6 is 0 Å². The van der Waals surface area contributed by atoms with E-state index in [1.807, 2.05) is 13.8 Å². The van der Waals surface area contributed by atoms with Crippen LogP contribution in [0.5, 0.6) is 0 Å². The topological polar surface area (TPSA) is 12.0 Å². The molecule has 2 rings (SSSR count). The first kappa shape index (κ1) is 15.0. The van der Waals surface area contributed by atoms with Gasteiger partial charge in [0.15, 0.2) is 0 Å². The highest BCUT2D eigenvalue weighted by Crippen LogP contribution is 2.32. The summed E-state index contributed by atoms with van der Waals surface area (Å²) >= 11 is 0. The Labute approximate surface area is 97.0 Å². The summed E-state index contributed by atoms with van der Waals surface area (Å²) in [6, 6.07) is 1.69. The molecule has 1 heterocycles. The summed E-state index contributed by atoms with van der Waals surface area (Å²) in [4.78, 5) is 0. The van der Waals surface area contributed by atoms with Crippen LogP contribution in [0.3, 0.4) is 0 Å². The van der Waals surface area contributed by atoms with Crippen LogP contribution in [0.15, 0.2) is 0 Å². The second-order valence-electron chi connectivity index (χ2n) is 4.66. The highest BCUT2D eigenvalue weighted by Gasteiger charge is 2.32. The van der Waals surface area contributed by atoms with Crippen molar-refractivity contribution in [2.75, 3.05) is 0 Å². The summed E-state index contributed by atoms with van der Waals surface area (Å²) < 4.78 is 0. The predicted octanol–water partition coefficient (Wildman–Crippen LogP) is 4.37. The minimum atomic E-state index is 0.799. The van der Waals surface area contributed by atoms with Crippen LogP contribution in [0.4, 0.5) is 0 Å². The average Bonchev–Trinajstić information content (AvgIpc) is 2.62. The van der Waals surface area contributed by atoms with Gasteiger partial charge in [-0.2, -0.15) is 0 Å². The van der Waals surface area contributed by atoms with E-state index in [2.05, 4.69) is 26.1 Å². The molecular weight excluding hydrogens is 182 g/mol. The Balaban J connectivity index is 0.000000342. The van der Waals surface area contributed by atoms with Crippen molar-refractivity contribution in [3.05, 3.63) is 0 Å². The summed E-state index contributed by atoms with van der Waals surface area (Å²) in [5.41, 5.74) is 0. The van der Waals surface area contributed by atoms with Crippen LogP contribution in [-0.4, -0.2) is 12.1 Å². The standard InChI is InChI=1S/C9H17N.C3H8.C2H6/c1-7-6-8-4-2-3-5-9(8)10-7;1-3-2;1-2/h7-10H,2-6H2,1H3;3H2,1-2H3;1-2H3/t7-,8+,9+;;/m1../s1. The lowest BCUT2D eigenvalue weighted by molar-refractivity contribution is 0.325. The molecule has 1 N–H and O–H groups in total. The van der Waals surface area contributed by atoms with Gasteiger partial charge in [-0.15, -0.1) is 0 Å². The molecule has 92 valence electrons. The average molecular weight is 213 g/mol. The quantitative estimate of drug-likeness (QED) is 0.630. The van der Waals surface area contributed by atoms with E-state index in [1.165, 1.54) is 38.5 Å². The van der Waals surface area contributed by atoms with Gasteiger partial charge in [-0.3, -0.25) is 0 Å². The van der Waals surface area contributed by atoms with E-state index in [4.69, 9.17) is 0 Å². The highest BCUT2D eigenvalue weighted by molar-refractivity contribution is 4.90. The molecule has 2 aliphatic rings. The Kier molecular flexibility index (Phi) is 9.18. The van der Waals surface area contributed by atoms with Crippen LogP contribution < -0.4 is 5.32 Å². The number of hydrogen-bond donors (Lipinski definition) is 1. The van der Waals surface area contributed by atoms with Gasteiger partial charge in [-0.1, -0.05) is 47.0 Å². The van der Waals surface area contributed by atoms with Crippen LogP contribution in [0, 0.1) is 5.92 Å². The van der Waals surface area contributed by atoms with Crippen molar-refractivity contribution in [1.29, 1.82) is 0 Å². The molecule has 0 spiro atoms. The lowest BCUT2D eigenvalue weighted by Gasteiger charge is -2.24. The highest BCUT2D eigenvalue weighted by atomic mass is 15.0. The lowest BCUT2D eigenvalue weighted by atomic mass is 9.85. The number of nitrogens with one attached hydrogen (secondary N) is 1. The molecule has 1 aliphatic carbocycles. The molecule has 0 aromatic rings. The van der Waals surface area contributed by atoms with E-state index < -0.39 is 0 Å². The Bertz CT molecular complexity index is 119. The van der Waals surface area contributed by atoms with E-state index >= 15 is 0 Å². The molecule has 1 aliphatic heterocycles. The Morgan fingerprint density at radius 1 is 1.07 bits per heavy atom. The van der Waals surface area contributed by atoms with Crippen molar-refractivity contribution in [2.24, 2.45) is 5.92 Å². The molecule has 0 amide bonds. The third kappa shape index (κ3) is 5.55. The van der Waals surface area contributed by atoms with Gasteiger partial charge < -0.3 is 5.32 Å². The monoisotopic (exact) mass is 213 g/mol. The maximum absolute atomic E-state index is 3.66. The van der Waals surface area contributed by atoms with Gasteiger partial charge in [0.1, 0.15) is 0 Å². The molecule has 1 saturated heterocycles. The fourth-order valence-electron chi connectivity index (χ4n) is 2.60. The summed E-state index contributed by atoms with van der Waals surface area (Å²) in [5, 5.41) is 3.66. The third-order valence-corrected chi connectivity index (χ3v) is 3.06. The van der Waals surface area contributed by atoms with Gasteiger partial charge in [0.2, 0.25) is 0 Å². The Hall–Kier alpha value is -0.0400. The maximum atomic E-state index is 3.66. The van der Waals surface area contributed by atoms with Crippen LogP contribution in [0.25, 0.3) is 0 Å². The lowest BCUT2D eigenvalue weighted by Crippen LogP contribution is -2.31. The smallest absolute Gasteiger partial charge is 0.00983 e. The third-order valence-electron chi connectivity index (χ3n) is 3.06. The zero-order valence-electron chi connectivity index (χ0n) is 11.5. The Morgan fingerprint density at radius 2 is 1.60 bits per heavy atom. The summed E-state index contributed by atoms with van der Waals surface area (Å²) in [6.07, 6.45) is 8.55. The summed E-state index contributed by atoms with van der Waals surface area (Å²) in [7, 11) is 0. The fourth-order valence-corrected chi connectivity index (χ4v) is 2.60. The fraction of sp³-hybridized carbons (Fsp3) is 1.00. The Morgan fingerprint density at radius 3 is 2.13 bits per heavy atom. The van der Waals surface area contributed by atoms with Crippen molar-refractivity contribution in [2.45, 2.75) is 85.2 Å². The van der Waals surface area contributed by atoms with E-state index in [0.717, 1.165) is 18.0 Å². The molecule has 0 unspecified atom stereocenters. The van der Waals surface area contributed by atoms with E-state index in [-0.39, 0.29) is 0 Å². The SMILES string of the molecule is CC.CCC.C[C@@H]1C[C@@H]2CCCC[C@@H]2N1. The molecule has 3 atom stereocenters. The first-order valence-corrected chi connectivity index (χ1v) is 7.04. The molecule has 0 aromatic carbocycles. The molecule has 1 heteroatoms. The number of rotatable bonds is 0. The van der Waals surface area contributed by atoms with Gasteiger partial charge in [0.05, 0.1) is 0 Å². The van der Waals surface area contributed by atoms with Gasteiger partial charge in [-0.25, -0.2) is 0 Å². The minimum absolute atomic E-state index is 0.799. The summed E-state index contributed by atoms with van der Waals surface area (Å²) in [6.45, 7) is 10.6. The first-order chi connectivity index (χ1) is 7.27. The zero-order chi connectivity index (χ0) is 11.7. The molecule has 1 nitrogen and oxygen atoms in total. The van der Waals surface area contributed by atoms with Crippen molar-refractivity contribution >= 4 is 0 Å². The zero-order valence-corrected chi connectivity index (χ0v) is 11.5. The maximum Gasteiger partial charge on any atom is 0.00983 e. The van der Waals surface area contributed by atoms with Crippen molar-refractivity contribution in [1.82, 2.24) is 5.32 Å². The summed E-state index contributed by atoms with van der Waals surface area (Å²) in [5.74, 6) is 1.03. The molecular formula is C14H31N. The van der Waals surface area contributed by atoms with Crippen LogP contribution in [-0.2, 0) is 0 Å². The van der Waals surface area contributed by atoms with Gasteiger partial charge in [0, 0.05) is 12.1 Å². The molecule has 0 bridgehead atoms. The second-order valence-corrected chi connectivity index (χ2v) is 4.66. The van der Waals surface area contributed by atoms with Gasteiger partial charge in [0.25, 0.3) is 0 Å². The van der Waals surface area contributed by atoms with Gasteiger partial charge in [-0.05, 0) is 32.1 Å². The van der Waals surface area contributed by atoms with E-state index in [1.54, 1.807) is 0 Å². The van der Waals surface area contributed by atoms with Gasteiger partial charge >= 0.3 is 0 Å². The van der Waals surface area contributed by atoms with Crippen LogP contribution in [0.2, 0.25) is 0 Å². The molecule has 15 heavy (non-hydrogen) atoms. The predicted molar refractivity (Wildman–Crippen MR) is 70.3 cm³/mol. The molecule has 1 saturated carbocycles. The largest absolute Gasteiger partial charge is 0.311 e. The van der Waals surface area contributed by atoms with E-state index in [9.17, 15) is 0 Å². The number of hydrogen-bond acceptors (Lipinski definition) is 1. The number of fused-ring (bicyclic) bond motifs is 1. The minimum Gasteiger partial charge on any atom is -0.311 e. The molecule has 0 radical (unpaired) electrons. The first-order valence-electron chi connectivity index (χ1n) is 7.04. The second kappa shape index (κ2) is 9.21. The van der Waals surface area contributed by atoms with E-state index in [0.29, 0.717) is 0 Å². The van der Waals surface area contributed by atoms with Crippen LogP contribution in [0.1, 0.15) is 73.1 Å². The van der Waals surface area contributed by atoms with Crippen molar-refractivity contribution in [3.8, 4) is 0 Å².